The minimum Gasteiger partial charge on any atom is -0.494 e. The molecule has 2 rings (SSSR count). The Morgan fingerprint density at radius 2 is 1.68 bits per heavy atom. The Balaban J connectivity index is 1.91. The largest absolute Gasteiger partial charge is 0.494 e. The zero-order valence-corrected chi connectivity index (χ0v) is 16.2. The molecule has 2 aromatic carbocycles. The van der Waals surface area contributed by atoms with Crippen LogP contribution in [-0.2, 0) is 19.6 Å². The van der Waals surface area contributed by atoms with E-state index in [1.807, 2.05) is 11.6 Å². The van der Waals surface area contributed by atoms with Crippen LogP contribution in [0.25, 0.3) is 0 Å². The quantitative estimate of drug-likeness (QED) is 0.504. The summed E-state index contributed by atoms with van der Waals surface area (Å²) in [6, 6.07) is 10.5. The van der Waals surface area contributed by atoms with Gasteiger partial charge >= 0.3 is 5.97 Å². The van der Waals surface area contributed by atoms with E-state index < -0.39 is 40.2 Å². The van der Waals surface area contributed by atoms with Crippen molar-refractivity contribution >= 4 is 21.8 Å². The number of ketones is 1. The summed E-state index contributed by atoms with van der Waals surface area (Å²) in [5.41, 5.74) is 0.329. The van der Waals surface area contributed by atoms with Crippen LogP contribution in [0.15, 0.2) is 53.4 Å². The van der Waals surface area contributed by atoms with E-state index in [-0.39, 0.29) is 4.90 Å². The van der Waals surface area contributed by atoms with Crippen LogP contribution in [0.2, 0.25) is 0 Å². The van der Waals surface area contributed by atoms with Crippen LogP contribution in [0, 0.1) is 5.82 Å². The first-order valence-corrected chi connectivity index (χ1v) is 9.93. The molecule has 0 saturated heterocycles. The van der Waals surface area contributed by atoms with Gasteiger partial charge in [0, 0.05) is 5.56 Å². The Morgan fingerprint density at radius 3 is 2.25 bits per heavy atom. The first-order valence-electron chi connectivity index (χ1n) is 8.44. The number of esters is 1. The lowest BCUT2D eigenvalue weighted by Gasteiger charge is -2.13. The third-order valence-corrected chi connectivity index (χ3v) is 5.07. The number of nitrogens with one attached hydrogen (secondary N) is 1. The molecule has 0 aliphatic rings. The average molecular weight is 409 g/mol. The topological polar surface area (TPSA) is 98.8 Å². The minimum atomic E-state index is -4.01. The first kappa shape index (κ1) is 21.5. The molecule has 150 valence electrons. The normalized spacial score (nSPS) is 12.2. The molecule has 0 amide bonds. The van der Waals surface area contributed by atoms with E-state index in [4.69, 9.17) is 9.47 Å². The van der Waals surface area contributed by atoms with Crippen LogP contribution in [-0.4, -0.2) is 39.4 Å². The predicted octanol–water partition coefficient (Wildman–Crippen LogP) is 2.32. The highest BCUT2D eigenvalue weighted by Gasteiger charge is 2.21. The summed E-state index contributed by atoms with van der Waals surface area (Å²) in [5, 5.41) is 0. The second-order valence-corrected chi connectivity index (χ2v) is 7.50. The Bertz CT molecular complexity index is 926. The molecule has 0 unspecified atom stereocenters. The van der Waals surface area contributed by atoms with Crippen LogP contribution < -0.4 is 9.46 Å². The van der Waals surface area contributed by atoms with Crippen molar-refractivity contribution in [1.29, 1.82) is 0 Å². The van der Waals surface area contributed by atoms with Crippen molar-refractivity contribution in [2.24, 2.45) is 0 Å². The average Bonchev–Trinajstić information content (AvgIpc) is 2.67. The van der Waals surface area contributed by atoms with E-state index >= 15 is 0 Å². The van der Waals surface area contributed by atoms with Gasteiger partial charge in [-0.1, -0.05) is 0 Å². The molecular weight excluding hydrogens is 389 g/mol. The second kappa shape index (κ2) is 9.43. The van der Waals surface area contributed by atoms with Gasteiger partial charge in [0.2, 0.25) is 15.8 Å². The summed E-state index contributed by atoms with van der Waals surface area (Å²) in [4.78, 5) is 24.0. The smallest absolute Gasteiger partial charge is 0.321 e. The van der Waals surface area contributed by atoms with Gasteiger partial charge in [0.1, 0.15) is 18.1 Å². The Hall–Kier alpha value is -2.78. The van der Waals surface area contributed by atoms with Gasteiger partial charge in [-0.25, -0.2) is 12.8 Å². The molecule has 1 N–H and O–H groups in total. The third kappa shape index (κ3) is 5.86. The fourth-order valence-corrected chi connectivity index (χ4v) is 3.23. The Kier molecular flexibility index (Phi) is 7.24. The highest BCUT2D eigenvalue weighted by Crippen LogP contribution is 2.14. The van der Waals surface area contributed by atoms with Crippen molar-refractivity contribution in [3.63, 3.8) is 0 Å². The molecule has 2 aromatic rings. The maximum Gasteiger partial charge on any atom is 0.321 e. The van der Waals surface area contributed by atoms with E-state index in [1.54, 1.807) is 24.3 Å². The molecule has 9 heteroatoms. The van der Waals surface area contributed by atoms with E-state index in [0.717, 1.165) is 24.3 Å². The van der Waals surface area contributed by atoms with Crippen molar-refractivity contribution in [3.05, 3.63) is 59.9 Å². The van der Waals surface area contributed by atoms with Crippen molar-refractivity contribution in [2.45, 2.75) is 24.8 Å². The number of halogens is 1. The number of benzene rings is 2. The fraction of sp³-hybridized carbons (Fsp3) is 0.263. The van der Waals surface area contributed by atoms with E-state index in [1.165, 1.54) is 6.92 Å². The SMILES string of the molecule is CCOc1ccc(C(=O)[C@@H](C)OC(=O)CNS(=O)(=O)c2ccc(F)cc2)cc1. The summed E-state index contributed by atoms with van der Waals surface area (Å²) in [6.45, 7) is 3.06. The number of hydrogen-bond donors (Lipinski definition) is 1. The monoisotopic (exact) mass is 409 g/mol. The Labute approximate surface area is 162 Å². The molecule has 1 atom stereocenters. The first-order chi connectivity index (χ1) is 13.2. The summed E-state index contributed by atoms with van der Waals surface area (Å²) in [7, 11) is -4.01. The maximum absolute atomic E-state index is 12.9. The molecule has 0 aliphatic heterocycles. The molecule has 0 aliphatic carbocycles. The van der Waals surface area contributed by atoms with Crippen LogP contribution in [0.4, 0.5) is 4.39 Å². The number of Topliss-reactive ketones (excluding diaryl/α,β-unsaturated/α-hetero) is 1. The number of carbonyl (C=O) groups excluding carboxylic acids is 2. The highest BCUT2D eigenvalue weighted by atomic mass is 32.2. The lowest BCUT2D eigenvalue weighted by molar-refractivity contribution is -0.144. The van der Waals surface area contributed by atoms with Gasteiger partial charge in [-0.05, 0) is 62.4 Å². The number of rotatable bonds is 9. The van der Waals surface area contributed by atoms with Crippen molar-refractivity contribution in [1.82, 2.24) is 4.72 Å². The van der Waals surface area contributed by atoms with Gasteiger partial charge in [-0.15, -0.1) is 0 Å². The number of sulfonamides is 1. The molecule has 0 fully saturated rings. The zero-order valence-electron chi connectivity index (χ0n) is 15.3. The van der Waals surface area contributed by atoms with Gasteiger partial charge in [0.25, 0.3) is 0 Å². The van der Waals surface area contributed by atoms with Gasteiger partial charge in [-0.2, -0.15) is 4.72 Å². The van der Waals surface area contributed by atoms with Gasteiger partial charge in [-0.3, -0.25) is 9.59 Å². The van der Waals surface area contributed by atoms with Crippen LogP contribution in [0.5, 0.6) is 5.75 Å². The minimum absolute atomic E-state index is 0.194. The van der Waals surface area contributed by atoms with Gasteiger partial charge in [0.15, 0.2) is 6.10 Å². The van der Waals surface area contributed by atoms with Crippen LogP contribution >= 0.6 is 0 Å². The van der Waals surface area contributed by atoms with E-state index in [0.29, 0.717) is 17.9 Å². The van der Waals surface area contributed by atoms with Crippen molar-refractivity contribution < 1.29 is 31.9 Å². The molecule has 0 aromatic heterocycles. The molecular formula is C19H20FNO6S. The fourth-order valence-electron chi connectivity index (χ4n) is 2.26. The molecule has 0 saturated carbocycles. The van der Waals surface area contributed by atoms with Crippen molar-refractivity contribution in [3.8, 4) is 5.75 Å². The molecule has 0 bridgehead atoms. The molecule has 0 heterocycles. The van der Waals surface area contributed by atoms with Crippen LogP contribution in [0.1, 0.15) is 24.2 Å². The summed E-state index contributed by atoms with van der Waals surface area (Å²) in [5.74, 6) is -1.32. The zero-order chi connectivity index (χ0) is 20.7. The number of carbonyl (C=O) groups is 2. The number of ether oxygens (including phenoxy) is 2. The van der Waals surface area contributed by atoms with Crippen molar-refractivity contribution in [2.75, 3.05) is 13.2 Å². The molecule has 0 spiro atoms. The van der Waals surface area contributed by atoms with E-state index in [9.17, 15) is 22.4 Å². The second-order valence-electron chi connectivity index (χ2n) is 5.73. The maximum atomic E-state index is 12.9. The molecule has 7 nitrogen and oxygen atoms in total. The van der Waals surface area contributed by atoms with Gasteiger partial charge < -0.3 is 9.47 Å². The standard InChI is InChI=1S/C19H20FNO6S/c1-3-26-16-8-4-14(5-9-16)19(23)13(2)27-18(22)12-21-28(24,25)17-10-6-15(20)7-11-17/h4-11,13,21H,3,12H2,1-2H3/t13-/m1/s1. The highest BCUT2D eigenvalue weighted by molar-refractivity contribution is 7.89. The Morgan fingerprint density at radius 1 is 1.07 bits per heavy atom. The predicted molar refractivity (Wildman–Crippen MR) is 99.1 cm³/mol. The lowest BCUT2D eigenvalue weighted by Crippen LogP contribution is -2.34. The molecule has 28 heavy (non-hydrogen) atoms. The molecule has 0 radical (unpaired) electrons. The summed E-state index contributed by atoms with van der Waals surface area (Å²) >= 11 is 0. The third-order valence-electron chi connectivity index (χ3n) is 3.66. The summed E-state index contributed by atoms with van der Waals surface area (Å²) < 4.78 is 49.3. The van der Waals surface area contributed by atoms with Gasteiger partial charge in [0.05, 0.1) is 11.5 Å². The lowest BCUT2D eigenvalue weighted by atomic mass is 10.1. The van der Waals surface area contributed by atoms with E-state index in [2.05, 4.69) is 0 Å². The van der Waals surface area contributed by atoms with Crippen LogP contribution in [0.3, 0.4) is 0 Å². The summed E-state index contributed by atoms with van der Waals surface area (Å²) in [6.07, 6.45) is -1.10. The number of hydrogen-bond acceptors (Lipinski definition) is 6.